The summed E-state index contributed by atoms with van der Waals surface area (Å²) in [5, 5.41) is 0. The molecule has 10 atom stereocenters. The van der Waals surface area contributed by atoms with Crippen molar-refractivity contribution in [3.05, 3.63) is 78.4 Å². The summed E-state index contributed by atoms with van der Waals surface area (Å²) in [5.74, 6) is 7.49. The van der Waals surface area contributed by atoms with Crippen LogP contribution in [0.25, 0.3) is 0 Å². The summed E-state index contributed by atoms with van der Waals surface area (Å²) >= 11 is 0. The molecule has 4 N–H and O–H groups in total. The molecule has 3 aromatic carbocycles. The molecule has 5 aliphatic rings. The van der Waals surface area contributed by atoms with Crippen molar-refractivity contribution in [1.29, 1.82) is 0 Å². The molecule has 6 nitrogen and oxygen atoms in total. The van der Waals surface area contributed by atoms with Crippen molar-refractivity contribution in [2.75, 3.05) is 11.5 Å². The summed E-state index contributed by atoms with van der Waals surface area (Å²) in [7, 11) is 0. The van der Waals surface area contributed by atoms with E-state index in [0.717, 1.165) is 60.9 Å². The van der Waals surface area contributed by atoms with Gasteiger partial charge in [-0.2, -0.15) is 0 Å². The maximum absolute atomic E-state index is 13.3. The van der Waals surface area contributed by atoms with Crippen molar-refractivity contribution in [3.8, 4) is 17.2 Å². The molecule has 0 bridgehead atoms. The molecule has 0 aromatic heterocycles. The van der Waals surface area contributed by atoms with E-state index in [1.54, 1.807) is 0 Å². The average Bonchev–Trinajstić information content (AvgIpc) is 3.63. The summed E-state index contributed by atoms with van der Waals surface area (Å²) in [4.78, 5) is 13.3. The maximum Gasteiger partial charge on any atom is 0.311 e. The monoisotopic (exact) mass is 831 g/mol. The molecule has 0 heterocycles. The largest absolute Gasteiger partial charge is 0.490 e. The minimum atomic E-state index is -0.0904. The van der Waals surface area contributed by atoms with E-state index in [1.807, 2.05) is 60.7 Å². The number of hydrogen-bond acceptors (Lipinski definition) is 6. The number of ether oxygens (including phenoxy) is 3. The van der Waals surface area contributed by atoms with Crippen LogP contribution in [0.4, 0.5) is 11.4 Å². The van der Waals surface area contributed by atoms with E-state index in [2.05, 4.69) is 39.8 Å². The topological polar surface area (TPSA) is 96.8 Å². The molecule has 0 radical (unpaired) electrons. The van der Waals surface area contributed by atoms with Crippen LogP contribution in [0, 0.1) is 52.3 Å². The third kappa shape index (κ3) is 9.94. The fraction of sp³-hybridized carbons (Fsp3) is 0.655. The Hall–Kier alpha value is -3.67. The van der Waals surface area contributed by atoms with Crippen LogP contribution in [0.2, 0.25) is 0 Å². The molecule has 5 saturated carbocycles. The lowest BCUT2D eigenvalue weighted by Gasteiger charge is -2.63. The second kappa shape index (κ2) is 19.4. The maximum atomic E-state index is 13.3. The van der Waals surface area contributed by atoms with Crippen LogP contribution in [0.5, 0.6) is 17.2 Å². The zero-order chi connectivity index (χ0) is 42.6. The van der Waals surface area contributed by atoms with Crippen molar-refractivity contribution in [1.82, 2.24) is 0 Å². The van der Waals surface area contributed by atoms with Gasteiger partial charge in [-0.25, -0.2) is 0 Å². The summed E-state index contributed by atoms with van der Waals surface area (Å²) in [5.41, 5.74) is 15.5. The molecule has 6 heteroatoms. The molecule has 3 unspecified atom stereocenters. The van der Waals surface area contributed by atoms with Crippen molar-refractivity contribution >= 4 is 17.3 Å². The van der Waals surface area contributed by atoms with Gasteiger partial charge >= 0.3 is 5.97 Å². The highest BCUT2D eigenvalue weighted by atomic mass is 16.5. The molecular weight excluding hydrogens is 753 g/mol. The zero-order valence-electron chi connectivity index (χ0n) is 38.1. The van der Waals surface area contributed by atoms with Crippen LogP contribution in [0.1, 0.15) is 168 Å². The average molecular weight is 831 g/mol. The lowest BCUT2D eigenvalue weighted by molar-refractivity contribution is -0.164. The van der Waals surface area contributed by atoms with Gasteiger partial charge in [-0.1, -0.05) is 78.4 Å². The Kier molecular flexibility index (Phi) is 14.0. The number of anilines is 2. The predicted molar refractivity (Wildman–Crippen MR) is 250 cm³/mol. The lowest BCUT2D eigenvalue weighted by atomic mass is 9.43. The van der Waals surface area contributed by atoms with E-state index in [4.69, 9.17) is 25.7 Å². The van der Waals surface area contributed by atoms with Crippen LogP contribution < -0.4 is 25.7 Å². The van der Waals surface area contributed by atoms with Gasteiger partial charge in [0.1, 0.15) is 23.4 Å². The van der Waals surface area contributed by atoms with E-state index in [9.17, 15) is 4.79 Å². The highest BCUT2D eigenvalue weighted by molar-refractivity contribution is 5.72. The van der Waals surface area contributed by atoms with Crippen LogP contribution in [-0.2, 0) is 4.79 Å². The first-order valence-electron chi connectivity index (χ1n) is 24.9. The molecule has 0 spiro atoms. The Bertz CT molecular complexity index is 1850. The van der Waals surface area contributed by atoms with Gasteiger partial charge in [0.25, 0.3) is 0 Å². The number of unbranched alkanes of at least 4 members (excludes halogenated alkanes) is 4. The first kappa shape index (κ1) is 44.0. The number of carbonyl (C=O) groups is 1. The quantitative estimate of drug-likeness (QED) is 0.0646. The highest BCUT2D eigenvalue weighted by Crippen LogP contribution is 2.69. The predicted octanol–water partition coefficient (Wildman–Crippen LogP) is 14.0. The molecule has 332 valence electrons. The number of nitrogen functional groups attached to an aromatic ring is 2. The van der Waals surface area contributed by atoms with Gasteiger partial charge in [0.05, 0.1) is 6.10 Å². The van der Waals surface area contributed by atoms with Gasteiger partial charge in [0.2, 0.25) is 0 Å². The molecule has 0 amide bonds. The standard InChI is InChI=1S/C55H78N2O4/c1-5-6-7-8-9-10-38-12-14-39(15-13-38)40-16-22-45(23-17-40)61-53(58)30-11-37(2)48-28-29-49-47-36-52(60-44-26-20-42(57)21-27-44)51-35-46(59-43-24-18-41(56)19-25-43)31-33-55(51,4)50(47)32-34-54(48,49)3/h16-27,37-39,46-52H,5-15,28-36,56-57H2,1-4H3/t37-,38?,39?,46?,47+,48-,49+,50+,51?,52?,54-,55-/m1/s1. The number of nitrogens with two attached hydrogens (primary N) is 2. The molecule has 5 aliphatic carbocycles. The number of esters is 1. The Labute approximate surface area is 368 Å². The number of carbonyl (C=O) groups excluding carboxylic acids is 1. The van der Waals surface area contributed by atoms with Crippen molar-refractivity contribution in [3.63, 3.8) is 0 Å². The van der Waals surface area contributed by atoms with Gasteiger partial charge in [0.15, 0.2) is 0 Å². The number of benzene rings is 3. The minimum Gasteiger partial charge on any atom is -0.490 e. The van der Waals surface area contributed by atoms with Gasteiger partial charge in [0, 0.05) is 23.7 Å². The Morgan fingerprint density at radius 2 is 1.30 bits per heavy atom. The molecule has 8 rings (SSSR count). The minimum absolute atomic E-state index is 0.0904. The van der Waals surface area contributed by atoms with E-state index >= 15 is 0 Å². The fourth-order valence-corrected chi connectivity index (χ4v) is 14.3. The highest BCUT2D eigenvalue weighted by Gasteiger charge is 2.63. The first-order valence-corrected chi connectivity index (χ1v) is 24.9. The van der Waals surface area contributed by atoms with Gasteiger partial charge in [-0.15, -0.1) is 0 Å². The summed E-state index contributed by atoms with van der Waals surface area (Å²) < 4.78 is 19.7. The Morgan fingerprint density at radius 1 is 0.672 bits per heavy atom. The van der Waals surface area contributed by atoms with Crippen LogP contribution in [0.3, 0.4) is 0 Å². The second-order valence-corrected chi connectivity index (χ2v) is 21.2. The van der Waals surface area contributed by atoms with Crippen molar-refractivity contribution < 1.29 is 19.0 Å². The fourth-order valence-electron chi connectivity index (χ4n) is 14.3. The van der Waals surface area contributed by atoms with Gasteiger partial charge in [-0.05, 0) is 202 Å². The normalized spacial score (nSPS) is 33.7. The third-order valence-corrected chi connectivity index (χ3v) is 17.7. The number of hydrogen-bond donors (Lipinski definition) is 2. The van der Waals surface area contributed by atoms with E-state index < -0.39 is 0 Å². The zero-order valence-corrected chi connectivity index (χ0v) is 38.1. The van der Waals surface area contributed by atoms with Crippen LogP contribution in [-0.4, -0.2) is 18.2 Å². The van der Waals surface area contributed by atoms with E-state index in [1.165, 1.54) is 95.5 Å². The Morgan fingerprint density at radius 3 is 1.98 bits per heavy atom. The lowest BCUT2D eigenvalue weighted by Crippen LogP contribution is -2.59. The second-order valence-electron chi connectivity index (χ2n) is 21.2. The molecular formula is C55H78N2O4. The molecule has 3 aromatic rings. The summed E-state index contributed by atoms with van der Waals surface area (Å²) in [6.45, 7) is 9.93. The van der Waals surface area contributed by atoms with Crippen LogP contribution in [0.15, 0.2) is 72.8 Å². The molecule has 0 saturated heterocycles. The summed E-state index contributed by atoms with van der Waals surface area (Å²) in [6, 6.07) is 24.4. The first-order chi connectivity index (χ1) is 29.5. The molecule has 61 heavy (non-hydrogen) atoms. The summed E-state index contributed by atoms with van der Waals surface area (Å²) in [6.07, 6.45) is 24.7. The van der Waals surface area contributed by atoms with Gasteiger partial charge in [-0.3, -0.25) is 4.79 Å². The number of rotatable bonds is 16. The smallest absolute Gasteiger partial charge is 0.311 e. The van der Waals surface area contributed by atoms with Crippen molar-refractivity contribution in [2.45, 2.75) is 174 Å². The third-order valence-electron chi connectivity index (χ3n) is 17.7. The van der Waals surface area contributed by atoms with Crippen LogP contribution >= 0.6 is 0 Å². The SMILES string of the molecule is CCCCCCCC1CCC(c2ccc(OC(=O)CC[C@@H](C)[C@H]3CC[C@H]4[C@@H]5CC(Oc6ccc(N)cc6)C6CC(Oc7ccc(N)cc7)CC[C@]6(C)[C@H]5CC[C@]34C)cc2)CC1. The van der Waals surface area contributed by atoms with E-state index in [0.29, 0.717) is 53.6 Å². The molecule has 0 aliphatic heterocycles. The van der Waals surface area contributed by atoms with Crippen molar-refractivity contribution in [2.24, 2.45) is 52.3 Å². The van der Waals surface area contributed by atoms with Gasteiger partial charge < -0.3 is 25.7 Å². The number of fused-ring (bicyclic) bond motifs is 5. The molecule has 5 fully saturated rings. The Balaban J connectivity index is 0.860. The van der Waals surface area contributed by atoms with E-state index in [-0.39, 0.29) is 29.0 Å².